The van der Waals surface area contributed by atoms with Crippen LogP contribution >= 0.6 is 11.6 Å². The van der Waals surface area contributed by atoms with Crippen molar-refractivity contribution < 1.29 is 19.4 Å². The Morgan fingerprint density at radius 3 is 2.64 bits per heavy atom. The Morgan fingerprint density at radius 1 is 1.29 bits per heavy atom. The van der Waals surface area contributed by atoms with E-state index in [1.165, 1.54) is 19.3 Å². The van der Waals surface area contributed by atoms with Crippen molar-refractivity contribution in [3.05, 3.63) is 69.8 Å². The molecule has 2 N–H and O–H groups in total. The highest BCUT2D eigenvalue weighted by atomic mass is 35.5. The molecule has 5 nitrogen and oxygen atoms in total. The van der Waals surface area contributed by atoms with Crippen molar-refractivity contribution in [2.75, 3.05) is 20.2 Å². The number of benzene rings is 2. The summed E-state index contributed by atoms with van der Waals surface area (Å²) in [5, 5.41) is 14.7. The number of aromatic hydroxyl groups is 1. The third-order valence-corrected chi connectivity index (χ3v) is 4.82. The third kappa shape index (κ3) is 4.16. The summed E-state index contributed by atoms with van der Waals surface area (Å²) in [4.78, 5) is 24.4. The second-order valence-electron chi connectivity index (χ2n) is 6.32. The number of ether oxygens (including phenoxy) is 1. The first-order valence-corrected chi connectivity index (χ1v) is 9.20. The van der Waals surface area contributed by atoms with E-state index in [4.69, 9.17) is 16.3 Å². The monoisotopic (exact) mass is 397 g/mol. The zero-order valence-corrected chi connectivity index (χ0v) is 16.1. The highest BCUT2D eigenvalue weighted by Gasteiger charge is 2.24. The van der Waals surface area contributed by atoms with Gasteiger partial charge in [0.05, 0.1) is 7.11 Å². The minimum Gasteiger partial charge on any atom is -0.506 e. The van der Waals surface area contributed by atoms with E-state index in [-0.39, 0.29) is 17.1 Å². The van der Waals surface area contributed by atoms with Crippen LogP contribution in [0.5, 0.6) is 11.5 Å². The molecule has 0 fully saturated rings. The number of ketones is 1. The third-order valence-electron chi connectivity index (χ3n) is 4.57. The van der Waals surface area contributed by atoms with Crippen molar-refractivity contribution >= 4 is 35.3 Å². The van der Waals surface area contributed by atoms with E-state index >= 15 is 0 Å². The number of rotatable bonds is 6. The summed E-state index contributed by atoms with van der Waals surface area (Å²) in [6.07, 6.45) is 6.22. The van der Waals surface area contributed by atoms with Crippen molar-refractivity contribution in [2.24, 2.45) is 0 Å². The van der Waals surface area contributed by atoms with Crippen LogP contribution < -0.4 is 10.1 Å². The molecule has 0 saturated carbocycles. The number of hydrogen-bond donors (Lipinski definition) is 2. The Bertz CT molecular complexity index is 961. The van der Waals surface area contributed by atoms with E-state index in [1.807, 2.05) is 6.08 Å². The van der Waals surface area contributed by atoms with E-state index in [1.54, 1.807) is 30.3 Å². The Hall–Kier alpha value is -2.89. The molecular weight excluding hydrogens is 378 g/mol. The first-order valence-electron chi connectivity index (χ1n) is 8.82. The molecule has 6 heteroatoms. The number of methoxy groups -OCH3 is 1. The summed E-state index contributed by atoms with van der Waals surface area (Å²) in [5.41, 5.74) is 2.34. The smallest absolute Gasteiger partial charge is 0.193 e. The molecule has 0 aliphatic carbocycles. The lowest BCUT2D eigenvalue weighted by molar-refractivity contribution is 0.104. The van der Waals surface area contributed by atoms with Crippen LogP contribution in [0.15, 0.2) is 42.5 Å². The highest BCUT2D eigenvalue weighted by Crippen LogP contribution is 2.39. The molecule has 2 aromatic carbocycles. The van der Waals surface area contributed by atoms with Crippen LogP contribution in [0.1, 0.15) is 38.3 Å². The largest absolute Gasteiger partial charge is 0.506 e. The second-order valence-corrected chi connectivity index (χ2v) is 6.75. The van der Waals surface area contributed by atoms with Gasteiger partial charge >= 0.3 is 0 Å². The summed E-state index contributed by atoms with van der Waals surface area (Å²) in [7, 11) is 1.40. The normalized spacial score (nSPS) is 14.0. The van der Waals surface area contributed by atoms with Crippen molar-refractivity contribution in [2.45, 2.75) is 6.42 Å². The van der Waals surface area contributed by atoms with Gasteiger partial charge in [-0.15, -0.1) is 0 Å². The van der Waals surface area contributed by atoms with Gasteiger partial charge < -0.3 is 15.2 Å². The maximum absolute atomic E-state index is 12.8. The van der Waals surface area contributed by atoms with Gasteiger partial charge in [-0.1, -0.05) is 35.9 Å². The predicted octanol–water partition coefficient (Wildman–Crippen LogP) is 4.14. The van der Waals surface area contributed by atoms with Gasteiger partial charge in [-0.3, -0.25) is 9.59 Å². The molecule has 1 aliphatic heterocycles. The molecule has 3 rings (SSSR count). The summed E-state index contributed by atoms with van der Waals surface area (Å²) in [5.74, 6) is -0.499. The zero-order chi connectivity index (χ0) is 20.1. The zero-order valence-electron chi connectivity index (χ0n) is 15.4. The Balaban J connectivity index is 2.05. The van der Waals surface area contributed by atoms with Gasteiger partial charge in [-0.25, -0.2) is 0 Å². The molecule has 28 heavy (non-hydrogen) atoms. The molecule has 0 unspecified atom stereocenters. The lowest BCUT2D eigenvalue weighted by Gasteiger charge is -2.19. The number of carbonyl (C=O) groups excluding carboxylic acids is 2. The molecule has 0 saturated heterocycles. The van der Waals surface area contributed by atoms with Crippen LogP contribution in [0, 0.1) is 0 Å². The molecule has 0 aromatic heterocycles. The quantitative estimate of drug-likeness (QED) is 0.435. The number of hydrogen-bond acceptors (Lipinski definition) is 5. The first-order chi connectivity index (χ1) is 13.5. The highest BCUT2D eigenvalue weighted by molar-refractivity contribution is 6.30. The molecule has 144 valence electrons. The second kappa shape index (κ2) is 8.87. The minimum atomic E-state index is -0.419. The van der Waals surface area contributed by atoms with Gasteiger partial charge in [0.15, 0.2) is 12.1 Å². The lowest BCUT2D eigenvalue weighted by Crippen LogP contribution is -2.20. The summed E-state index contributed by atoms with van der Waals surface area (Å²) in [6.45, 7) is 1.37. The Labute approximate surface area is 168 Å². The number of phenols is 1. The van der Waals surface area contributed by atoms with Crippen LogP contribution in [0.4, 0.5) is 0 Å². The average molecular weight is 398 g/mol. The average Bonchev–Trinajstić information content (AvgIpc) is 2.72. The predicted molar refractivity (Wildman–Crippen MR) is 110 cm³/mol. The van der Waals surface area contributed by atoms with Gasteiger partial charge in [0.25, 0.3) is 0 Å². The van der Waals surface area contributed by atoms with Crippen LogP contribution in [-0.4, -0.2) is 37.4 Å². The fourth-order valence-corrected chi connectivity index (χ4v) is 3.30. The molecule has 2 aromatic rings. The number of aldehydes is 1. The molecule has 1 aliphatic rings. The molecular formula is C22H20ClNO4. The molecule has 0 bridgehead atoms. The van der Waals surface area contributed by atoms with Crippen molar-refractivity contribution in [1.29, 1.82) is 0 Å². The van der Waals surface area contributed by atoms with Gasteiger partial charge in [0.2, 0.25) is 0 Å². The van der Waals surface area contributed by atoms with Gasteiger partial charge in [-0.2, -0.15) is 0 Å². The van der Waals surface area contributed by atoms with E-state index in [2.05, 4.69) is 5.32 Å². The topological polar surface area (TPSA) is 75.6 Å². The van der Waals surface area contributed by atoms with Gasteiger partial charge in [0.1, 0.15) is 17.1 Å². The van der Waals surface area contributed by atoms with E-state index in [0.29, 0.717) is 35.4 Å². The lowest BCUT2D eigenvalue weighted by atomic mass is 9.91. The standard InChI is InChI=1S/C22H20ClNO4/c1-28-19-12-16(13-25)20(15-8-10-24-11-9-15)22(27)21(19)18(26)7-4-14-2-5-17(23)6-3-14/h2-8,12-13,24,27H,9-11H2,1H3/b7-4+. The van der Waals surface area contributed by atoms with Crippen LogP contribution in [0.25, 0.3) is 11.6 Å². The number of allylic oxidation sites excluding steroid dienone is 1. The van der Waals surface area contributed by atoms with Crippen LogP contribution in [0.2, 0.25) is 5.02 Å². The molecule has 0 atom stereocenters. The number of carbonyl (C=O) groups is 2. The van der Waals surface area contributed by atoms with E-state index in [9.17, 15) is 14.7 Å². The number of nitrogens with one attached hydrogen (secondary N) is 1. The van der Waals surface area contributed by atoms with Crippen LogP contribution in [-0.2, 0) is 0 Å². The molecule has 0 radical (unpaired) electrons. The summed E-state index contributed by atoms with van der Waals surface area (Å²) < 4.78 is 5.28. The minimum absolute atomic E-state index is 0.0350. The van der Waals surface area contributed by atoms with Gasteiger partial charge in [-0.05, 0) is 48.4 Å². The molecule has 0 amide bonds. The maximum Gasteiger partial charge on any atom is 0.193 e. The van der Waals surface area contributed by atoms with Crippen LogP contribution in [0.3, 0.4) is 0 Å². The number of halogens is 1. The summed E-state index contributed by atoms with van der Waals surface area (Å²) >= 11 is 5.87. The first kappa shape index (κ1) is 19.9. The molecule has 0 spiro atoms. The van der Waals surface area contributed by atoms with E-state index in [0.717, 1.165) is 17.7 Å². The Morgan fingerprint density at radius 2 is 2.04 bits per heavy atom. The van der Waals surface area contributed by atoms with Crippen molar-refractivity contribution in [3.63, 3.8) is 0 Å². The fourth-order valence-electron chi connectivity index (χ4n) is 3.17. The van der Waals surface area contributed by atoms with Crippen molar-refractivity contribution in [3.8, 4) is 11.5 Å². The fraction of sp³-hybridized carbons (Fsp3) is 0.182. The van der Waals surface area contributed by atoms with E-state index < -0.39 is 5.78 Å². The Kier molecular flexibility index (Phi) is 6.29. The molecule has 1 heterocycles. The maximum atomic E-state index is 12.8. The van der Waals surface area contributed by atoms with Gasteiger partial charge in [0, 0.05) is 22.7 Å². The van der Waals surface area contributed by atoms with Crippen molar-refractivity contribution in [1.82, 2.24) is 5.32 Å². The number of phenolic OH excluding ortho intramolecular Hbond substituents is 1. The SMILES string of the molecule is COc1cc(C=O)c(C2=CCNCC2)c(O)c1C(=O)/C=C/c1ccc(Cl)cc1. The summed E-state index contributed by atoms with van der Waals surface area (Å²) in [6, 6.07) is 8.51.